The van der Waals surface area contributed by atoms with Crippen LogP contribution in [0, 0.1) is 5.82 Å². The molecule has 0 fully saturated rings. The molecule has 1 aromatic rings. The molecular formula is C9H7BrClFO2. The molecule has 0 saturated heterocycles. The Kier molecular flexibility index (Phi) is 3.89. The first-order valence-corrected chi connectivity index (χ1v) is 5.33. The number of carboxylic acid groups (broad SMARTS) is 1. The van der Waals surface area contributed by atoms with E-state index in [9.17, 15) is 9.18 Å². The van der Waals surface area contributed by atoms with E-state index >= 15 is 0 Å². The Hall–Kier alpha value is -0.610. The van der Waals surface area contributed by atoms with Gasteiger partial charge in [-0.25, -0.2) is 9.18 Å². The van der Waals surface area contributed by atoms with Crippen molar-refractivity contribution >= 4 is 33.5 Å². The van der Waals surface area contributed by atoms with Gasteiger partial charge in [-0.15, -0.1) is 0 Å². The molecule has 0 aliphatic carbocycles. The summed E-state index contributed by atoms with van der Waals surface area (Å²) in [6.45, 7) is 0. The predicted molar refractivity (Wildman–Crippen MR) is 55.9 cm³/mol. The summed E-state index contributed by atoms with van der Waals surface area (Å²) in [6, 6.07) is 2.30. The van der Waals surface area contributed by atoms with Gasteiger partial charge in [0.15, 0.2) is 0 Å². The van der Waals surface area contributed by atoms with E-state index in [2.05, 4.69) is 15.9 Å². The average Bonchev–Trinajstić information content (AvgIpc) is 2.10. The summed E-state index contributed by atoms with van der Waals surface area (Å²) in [5, 5.41) is 9.54. The lowest BCUT2D eigenvalue weighted by molar-refractivity contribution is 0.0692. The van der Waals surface area contributed by atoms with Crippen LogP contribution in [0.1, 0.15) is 15.9 Å². The van der Waals surface area contributed by atoms with Gasteiger partial charge in [0.25, 0.3) is 0 Å². The second-order valence-electron chi connectivity index (χ2n) is 2.67. The normalized spacial score (nSPS) is 10.2. The molecule has 0 aromatic heterocycles. The number of aromatic carboxylic acids is 1. The maximum absolute atomic E-state index is 13.1. The molecule has 76 valence electrons. The third kappa shape index (κ3) is 2.45. The van der Waals surface area contributed by atoms with Crippen LogP contribution >= 0.6 is 27.5 Å². The molecule has 14 heavy (non-hydrogen) atoms. The first kappa shape index (κ1) is 11.5. The molecule has 1 N–H and O–H groups in total. The Morgan fingerprint density at radius 2 is 2.21 bits per heavy atom. The zero-order valence-corrected chi connectivity index (χ0v) is 9.40. The van der Waals surface area contributed by atoms with E-state index < -0.39 is 17.3 Å². The van der Waals surface area contributed by atoms with Crippen LogP contribution in [0.5, 0.6) is 0 Å². The van der Waals surface area contributed by atoms with E-state index in [-0.39, 0.29) is 5.02 Å². The third-order valence-corrected chi connectivity index (χ3v) is 2.48. The van der Waals surface area contributed by atoms with Gasteiger partial charge in [-0.3, -0.25) is 0 Å². The minimum Gasteiger partial charge on any atom is -0.478 e. The predicted octanol–water partition coefficient (Wildman–Crippen LogP) is 3.11. The van der Waals surface area contributed by atoms with Crippen LogP contribution in [-0.2, 0) is 6.42 Å². The molecule has 1 rings (SSSR count). The number of halogens is 3. The maximum Gasteiger partial charge on any atom is 0.338 e. The van der Waals surface area contributed by atoms with E-state index in [0.29, 0.717) is 17.3 Å². The highest BCUT2D eigenvalue weighted by molar-refractivity contribution is 9.09. The Balaban J connectivity index is 3.17. The highest BCUT2D eigenvalue weighted by Crippen LogP contribution is 2.21. The minimum atomic E-state index is -1.31. The van der Waals surface area contributed by atoms with Crippen LogP contribution in [0.25, 0.3) is 0 Å². The van der Waals surface area contributed by atoms with Crippen LogP contribution in [0.2, 0.25) is 5.02 Å². The number of benzene rings is 1. The number of aryl methyl sites for hydroxylation is 1. The summed E-state index contributed by atoms with van der Waals surface area (Å²) in [5.74, 6) is -2.06. The van der Waals surface area contributed by atoms with Crippen molar-refractivity contribution < 1.29 is 14.3 Å². The quantitative estimate of drug-likeness (QED) is 0.864. The number of carboxylic acids is 1. The highest BCUT2D eigenvalue weighted by Gasteiger charge is 2.13. The fourth-order valence-corrected chi connectivity index (χ4v) is 1.73. The summed E-state index contributed by atoms with van der Waals surface area (Å²) >= 11 is 8.97. The van der Waals surface area contributed by atoms with Gasteiger partial charge < -0.3 is 5.11 Å². The first-order chi connectivity index (χ1) is 6.56. The van der Waals surface area contributed by atoms with Crippen LogP contribution in [0.3, 0.4) is 0 Å². The number of rotatable bonds is 3. The molecule has 2 nitrogen and oxygen atoms in total. The van der Waals surface area contributed by atoms with Crippen molar-refractivity contribution in [3.8, 4) is 0 Å². The van der Waals surface area contributed by atoms with Crippen LogP contribution < -0.4 is 0 Å². The lowest BCUT2D eigenvalue weighted by Crippen LogP contribution is -2.02. The molecule has 0 unspecified atom stereocenters. The number of hydrogen-bond donors (Lipinski definition) is 1. The fraction of sp³-hybridized carbons (Fsp3) is 0.222. The van der Waals surface area contributed by atoms with Crippen molar-refractivity contribution in [3.63, 3.8) is 0 Å². The summed E-state index contributed by atoms with van der Waals surface area (Å²) in [5.41, 5.74) is 0.208. The monoisotopic (exact) mass is 280 g/mol. The molecule has 5 heteroatoms. The van der Waals surface area contributed by atoms with E-state index in [0.717, 1.165) is 12.1 Å². The topological polar surface area (TPSA) is 37.3 Å². The Bertz CT molecular complexity index is 368. The van der Waals surface area contributed by atoms with Gasteiger partial charge in [-0.1, -0.05) is 27.5 Å². The molecule has 0 heterocycles. The van der Waals surface area contributed by atoms with E-state index in [1.165, 1.54) is 0 Å². The van der Waals surface area contributed by atoms with Crippen molar-refractivity contribution in [2.24, 2.45) is 0 Å². The number of hydrogen-bond acceptors (Lipinski definition) is 1. The van der Waals surface area contributed by atoms with E-state index in [4.69, 9.17) is 16.7 Å². The lowest BCUT2D eigenvalue weighted by atomic mass is 10.1. The van der Waals surface area contributed by atoms with Crippen molar-refractivity contribution in [2.75, 3.05) is 5.33 Å². The largest absolute Gasteiger partial charge is 0.478 e. The molecule has 0 amide bonds. The third-order valence-electron chi connectivity index (χ3n) is 1.73. The Morgan fingerprint density at radius 3 is 2.71 bits per heavy atom. The van der Waals surface area contributed by atoms with Crippen molar-refractivity contribution in [3.05, 3.63) is 34.1 Å². The highest BCUT2D eigenvalue weighted by atomic mass is 79.9. The van der Waals surface area contributed by atoms with Crippen LogP contribution in [-0.4, -0.2) is 16.4 Å². The second-order valence-corrected chi connectivity index (χ2v) is 3.87. The van der Waals surface area contributed by atoms with Crippen LogP contribution in [0.4, 0.5) is 4.39 Å². The standard InChI is InChI=1S/C9H7BrClFO2/c10-2-1-5-3-8(12)6(9(13)14)4-7(5)11/h3-4H,1-2H2,(H,13,14). The Labute approximate surface area is 93.8 Å². The fourth-order valence-electron chi connectivity index (χ4n) is 1.05. The Morgan fingerprint density at radius 1 is 1.57 bits per heavy atom. The van der Waals surface area contributed by atoms with Gasteiger partial charge in [0.2, 0.25) is 0 Å². The molecule has 0 bridgehead atoms. The smallest absolute Gasteiger partial charge is 0.338 e. The molecule has 0 spiro atoms. The van der Waals surface area contributed by atoms with Gasteiger partial charge in [-0.2, -0.15) is 0 Å². The average molecular weight is 282 g/mol. The first-order valence-electron chi connectivity index (χ1n) is 3.83. The summed E-state index contributed by atoms with van der Waals surface area (Å²) < 4.78 is 13.1. The summed E-state index contributed by atoms with van der Waals surface area (Å²) in [4.78, 5) is 10.5. The molecule has 0 atom stereocenters. The van der Waals surface area contributed by atoms with Gasteiger partial charge in [0, 0.05) is 10.4 Å². The molecule has 0 saturated carbocycles. The summed E-state index contributed by atoms with van der Waals surface area (Å²) in [7, 11) is 0. The second kappa shape index (κ2) is 4.75. The van der Waals surface area contributed by atoms with Crippen LogP contribution in [0.15, 0.2) is 12.1 Å². The zero-order valence-electron chi connectivity index (χ0n) is 7.06. The van der Waals surface area contributed by atoms with Crippen molar-refractivity contribution in [1.29, 1.82) is 0 Å². The lowest BCUT2D eigenvalue weighted by Gasteiger charge is -2.04. The molecule has 0 aliphatic heterocycles. The SMILES string of the molecule is O=C(O)c1cc(Cl)c(CCBr)cc1F. The van der Waals surface area contributed by atoms with Gasteiger partial charge in [0.1, 0.15) is 5.82 Å². The van der Waals surface area contributed by atoms with E-state index in [1.807, 2.05) is 0 Å². The number of carbonyl (C=O) groups is 1. The molecule has 0 aliphatic rings. The number of alkyl halides is 1. The maximum atomic E-state index is 13.1. The zero-order chi connectivity index (χ0) is 10.7. The summed E-state index contributed by atoms with van der Waals surface area (Å²) in [6.07, 6.45) is 0.565. The van der Waals surface area contributed by atoms with E-state index in [1.54, 1.807) is 0 Å². The van der Waals surface area contributed by atoms with Gasteiger partial charge >= 0.3 is 5.97 Å². The van der Waals surface area contributed by atoms with Crippen molar-refractivity contribution in [1.82, 2.24) is 0 Å². The molecule has 1 aromatic carbocycles. The minimum absolute atomic E-state index is 0.281. The van der Waals surface area contributed by atoms with Gasteiger partial charge in [0.05, 0.1) is 5.56 Å². The van der Waals surface area contributed by atoms with Gasteiger partial charge in [-0.05, 0) is 24.1 Å². The molecule has 0 radical (unpaired) electrons. The molecular weight excluding hydrogens is 274 g/mol. The van der Waals surface area contributed by atoms with Crippen molar-refractivity contribution in [2.45, 2.75) is 6.42 Å².